The molecule has 0 fully saturated rings. The molecule has 4 aromatic rings. The third kappa shape index (κ3) is 1.73. The van der Waals surface area contributed by atoms with E-state index in [0.29, 0.717) is 5.56 Å². The van der Waals surface area contributed by atoms with Crippen LogP contribution >= 0.6 is 0 Å². The van der Waals surface area contributed by atoms with Crippen LogP contribution in [0.2, 0.25) is 0 Å². The van der Waals surface area contributed by atoms with Crippen molar-refractivity contribution in [3.05, 3.63) is 60.4 Å². The molecule has 0 saturated carbocycles. The second-order valence-corrected chi connectivity index (χ2v) is 5.02. The van der Waals surface area contributed by atoms with Crippen molar-refractivity contribution in [2.45, 2.75) is 0 Å². The number of fused-ring (bicyclic) bond motifs is 2. The van der Waals surface area contributed by atoms with Crippen molar-refractivity contribution in [2.75, 3.05) is 0 Å². The highest BCUT2D eigenvalue weighted by molar-refractivity contribution is 6.06. The third-order valence-electron chi connectivity index (χ3n) is 3.81. The van der Waals surface area contributed by atoms with Crippen LogP contribution in [0.1, 0.15) is 10.4 Å². The van der Waals surface area contributed by atoms with Crippen LogP contribution in [0.5, 0.6) is 0 Å². The number of rotatable bonds is 2. The van der Waals surface area contributed by atoms with Gasteiger partial charge < -0.3 is 15.1 Å². The van der Waals surface area contributed by atoms with E-state index >= 15 is 0 Å². The molecule has 0 unspecified atom stereocenters. The van der Waals surface area contributed by atoms with Crippen LogP contribution in [0.15, 0.2) is 54.9 Å². The highest BCUT2D eigenvalue weighted by Crippen LogP contribution is 2.34. The lowest BCUT2D eigenvalue weighted by Gasteiger charge is -1.99. The maximum atomic E-state index is 11.2. The number of nitrogens with one attached hydrogen (secondary N) is 2. The normalized spacial score (nSPS) is 11.2. The Balaban J connectivity index is 2.02. The third-order valence-corrected chi connectivity index (χ3v) is 3.81. The number of aromatic nitrogens is 2. The van der Waals surface area contributed by atoms with Crippen molar-refractivity contribution in [3.63, 3.8) is 0 Å². The Morgan fingerprint density at radius 1 is 0.857 bits per heavy atom. The molecule has 2 aromatic heterocycles. The summed E-state index contributed by atoms with van der Waals surface area (Å²) in [5.41, 5.74) is 4.37. The van der Waals surface area contributed by atoms with Gasteiger partial charge in [0.05, 0.1) is 5.56 Å². The molecule has 21 heavy (non-hydrogen) atoms. The van der Waals surface area contributed by atoms with E-state index in [1.54, 1.807) is 18.2 Å². The lowest BCUT2D eigenvalue weighted by Crippen LogP contribution is -1.94. The van der Waals surface area contributed by atoms with Gasteiger partial charge in [-0.15, -0.1) is 0 Å². The molecule has 4 nitrogen and oxygen atoms in total. The van der Waals surface area contributed by atoms with Gasteiger partial charge in [-0.1, -0.05) is 18.2 Å². The van der Waals surface area contributed by atoms with Crippen LogP contribution < -0.4 is 0 Å². The number of hydrogen-bond acceptors (Lipinski definition) is 1. The van der Waals surface area contributed by atoms with Gasteiger partial charge in [0.2, 0.25) is 0 Å². The van der Waals surface area contributed by atoms with E-state index in [4.69, 9.17) is 5.11 Å². The van der Waals surface area contributed by atoms with Gasteiger partial charge in [-0.2, -0.15) is 0 Å². The van der Waals surface area contributed by atoms with Gasteiger partial charge in [-0.25, -0.2) is 4.79 Å². The SMILES string of the molecule is O=C(O)c1ccc2[nH]cc(-c3c[nH]c4ccccc34)c2c1. The quantitative estimate of drug-likeness (QED) is 0.517. The van der Waals surface area contributed by atoms with E-state index in [9.17, 15) is 4.79 Å². The van der Waals surface area contributed by atoms with E-state index < -0.39 is 5.97 Å². The highest BCUT2D eigenvalue weighted by atomic mass is 16.4. The summed E-state index contributed by atoms with van der Waals surface area (Å²) in [5, 5.41) is 11.2. The maximum Gasteiger partial charge on any atom is 0.335 e. The van der Waals surface area contributed by atoms with Crippen molar-refractivity contribution < 1.29 is 9.90 Å². The summed E-state index contributed by atoms with van der Waals surface area (Å²) in [7, 11) is 0. The number of carboxylic acid groups (broad SMARTS) is 1. The van der Waals surface area contributed by atoms with Crippen molar-refractivity contribution >= 4 is 27.8 Å². The fraction of sp³-hybridized carbons (Fsp3) is 0. The molecule has 0 radical (unpaired) electrons. The fourth-order valence-electron chi connectivity index (χ4n) is 2.77. The molecule has 0 spiro atoms. The first-order chi connectivity index (χ1) is 10.2. The zero-order chi connectivity index (χ0) is 14.4. The first kappa shape index (κ1) is 11.8. The monoisotopic (exact) mass is 276 g/mol. The molecule has 2 aromatic carbocycles. The topological polar surface area (TPSA) is 68.9 Å². The van der Waals surface area contributed by atoms with Gasteiger partial charge in [0.1, 0.15) is 0 Å². The van der Waals surface area contributed by atoms with Crippen molar-refractivity contribution in [3.8, 4) is 11.1 Å². The predicted molar refractivity (Wildman–Crippen MR) is 82.6 cm³/mol. The first-order valence-electron chi connectivity index (χ1n) is 6.65. The van der Waals surface area contributed by atoms with Gasteiger partial charge in [-0.05, 0) is 24.3 Å². The van der Waals surface area contributed by atoms with Crippen molar-refractivity contribution in [1.82, 2.24) is 9.97 Å². The Morgan fingerprint density at radius 2 is 1.52 bits per heavy atom. The Bertz CT molecular complexity index is 979. The second-order valence-electron chi connectivity index (χ2n) is 5.02. The fourth-order valence-corrected chi connectivity index (χ4v) is 2.77. The van der Waals surface area contributed by atoms with Crippen LogP contribution in [0.25, 0.3) is 32.9 Å². The summed E-state index contributed by atoms with van der Waals surface area (Å²) >= 11 is 0. The van der Waals surface area contributed by atoms with Crippen LogP contribution in [-0.2, 0) is 0 Å². The Kier molecular flexibility index (Phi) is 2.38. The van der Waals surface area contributed by atoms with E-state index in [0.717, 1.165) is 32.9 Å². The Hall–Kier alpha value is -3.01. The number of H-pyrrole nitrogens is 2. The van der Waals surface area contributed by atoms with Gasteiger partial charge in [0.25, 0.3) is 0 Å². The molecule has 0 amide bonds. The van der Waals surface area contributed by atoms with Crippen LogP contribution in [0.4, 0.5) is 0 Å². The molecule has 102 valence electrons. The summed E-state index contributed by atoms with van der Waals surface area (Å²) in [4.78, 5) is 17.6. The highest BCUT2D eigenvalue weighted by Gasteiger charge is 2.12. The van der Waals surface area contributed by atoms with E-state index in [1.807, 2.05) is 30.6 Å². The summed E-state index contributed by atoms with van der Waals surface area (Å²) in [6, 6.07) is 13.2. The largest absolute Gasteiger partial charge is 0.478 e. The molecule has 0 aliphatic rings. The molecular formula is C17H12N2O2. The van der Waals surface area contributed by atoms with Gasteiger partial charge in [0, 0.05) is 45.3 Å². The maximum absolute atomic E-state index is 11.2. The molecule has 4 rings (SSSR count). The number of hydrogen-bond donors (Lipinski definition) is 3. The molecule has 0 bridgehead atoms. The molecule has 0 atom stereocenters. The van der Waals surface area contributed by atoms with Crippen LogP contribution in [-0.4, -0.2) is 21.0 Å². The Morgan fingerprint density at radius 3 is 2.29 bits per heavy atom. The summed E-state index contributed by atoms with van der Waals surface area (Å²) in [5.74, 6) is -0.914. The minimum atomic E-state index is -0.914. The second kappa shape index (κ2) is 4.24. The van der Waals surface area contributed by atoms with E-state index in [2.05, 4.69) is 16.0 Å². The van der Waals surface area contributed by atoms with E-state index in [1.165, 1.54) is 0 Å². The molecule has 0 aliphatic heterocycles. The zero-order valence-electron chi connectivity index (χ0n) is 11.1. The molecule has 4 heteroatoms. The Labute approximate surface area is 120 Å². The number of carbonyl (C=O) groups is 1. The molecule has 0 aliphatic carbocycles. The summed E-state index contributed by atoms with van der Waals surface area (Å²) < 4.78 is 0. The van der Waals surface area contributed by atoms with Crippen LogP contribution in [0, 0.1) is 0 Å². The lowest BCUT2D eigenvalue weighted by atomic mass is 10.0. The average molecular weight is 276 g/mol. The number of benzene rings is 2. The lowest BCUT2D eigenvalue weighted by molar-refractivity contribution is 0.0697. The van der Waals surface area contributed by atoms with Gasteiger partial charge in [0.15, 0.2) is 0 Å². The number of para-hydroxylation sites is 1. The zero-order valence-corrected chi connectivity index (χ0v) is 11.1. The average Bonchev–Trinajstić information content (AvgIpc) is 3.09. The first-order valence-corrected chi connectivity index (χ1v) is 6.65. The van der Waals surface area contributed by atoms with E-state index in [-0.39, 0.29) is 0 Å². The van der Waals surface area contributed by atoms with Crippen molar-refractivity contribution in [2.24, 2.45) is 0 Å². The van der Waals surface area contributed by atoms with Crippen molar-refractivity contribution in [1.29, 1.82) is 0 Å². The minimum absolute atomic E-state index is 0.295. The van der Waals surface area contributed by atoms with Crippen LogP contribution in [0.3, 0.4) is 0 Å². The number of aromatic amines is 2. The predicted octanol–water partition coefficient (Wildman–Crippen LogP) is 4.01. The molecule has 3 N–H and O–H groups in total. The molecular weight excluding hydrogens is 264 g/mol. The summed E-state index contributed by atoms with van der Waals surface area (Å²) in [6.07, 6.45) is 3.88. The van der Waals surface area contributed by atoms with Gasteiger partial charge in [-0.3, -0.25) is 0 Å². The standard InChI is InChI=1S/C17H12N2O2/c20-17(21)10-5-6-16-12(7-10)14(9-19-16)13-8-18-15-4-2-1-3-11(13)15/h1-9,18-19H,(H,20,21). The number of carboxylic acids is 1. The minimum Gasteiger partial charge on any atom is -0.478 e. The molecule has 2 heterocycles. The summed E-state index contributed by atoms with van der Waals surface area (Å²) in [6.45, 7) is 0. The molecule has 0 saturated heterocycles. The number of aromatic carboxylic acids is 1. The van der Waals surface area contributed by atoms with Gasteiger partial charge >= 0.3 is 5.97 Å². The smallest absolute Gasteiger partial charge is 0.335 e.